The molecule has 0 aromatic heterocycles. The first-order valence-electron chi connectivity index (χ1n) is 7.86. The lowest BCUT2D eigenvalue weighted by Gasteiger charge is -2.12. The van der Waals surface area contributed by atoms with Crippen LogP contribution in [0, 0.1) is 11.8 Å². The van der Waals surface area contributed by atoms with E-state index in [-0.39, 0.29) is 0 Å². The van der Waals surface area contributed by atoms with Crippen molar-refractivity contribution in [2.75, 3.05) is 26.2 Å². The molecule has 0 bridgehead atoms. The molecule has 0 saturated heterocycles. The molecule has 2 N–H and O–H groups in total. The van der Waals surface area contributed by atoms with E-state index in [4.69, 9.17) is 0 Å². The smallest absolute Gasteiger partial charge is 0.00205 e. The van der Waals surface area contributed by atoms with E-state index in [1.807, 2.05) is 0 Å². The number of hydrogen-bond acceptors (Lipinski definition) is 2. The van der Waals surface area contributed by atoms with Gasteiger partial charge >= 0.3 is 0 Å². The molecule has 0 unspecified atom stereocenters. The zero-order chi connectivity index (χ0) is 11.8. The molecule has 100 valence electrons. The summed E-state index contributed by atoms with van der Waals surface area (Å²) in [6.07, 6.45) is 13.0. The summed E-state index contributed by atoms with van der Waals surface area (Å²) in [6, 6.07) is 0. The van der Waals surface area contributed by atoms with Crippen LogP contribution in [-0.4, -0.2) is 26.2 Å². The van der Waals surface area contributed by atoms with Crippen LogP contribution in [0.2, 0.25) is 0 Å². The highest BCUT2D eigenvalue weighted by molar-refractivity contribution is 4.70. The quantitative estimate of drug-likeness (QED) is 0.635. The van der Waals surface area contributed by atoms with Crippen LogP contribution in [-0.2, 0) is 0 Å². The molecule has 2 heteroatoms. The van der Waals surface area contributed by atoms with Crippen LogP contribution in [0.3, 0.4) is 0 Å². The van der Waals surface area contributed by atoms with E-state index in [9.17, 15) is 0 Å². The standard InChI is InChI=1S/C15H30N2/c1-2-7-14(6-1)12-16-10-5-11-17-13-15-8-3-4-9-15/h14-17H,1-13H2. The Hall–Kier alpha value is -0.0800. The largest absolute Gasteiger partial charge is 0.316 e. The predicted molar refractivity (Wildman–Crippen MR) is 74.3 cm³/mol. The van der Waals surface area contributed by atoms with Crippen molar-refractivity contribution in [1.29, 1.82) is 0 Å². The van der Waals surface area contributed by atoms with E-state index in [2.05, 4.69) is 10.6 Å². The van der Waals surface area contributed by atoms with Crippen LogP contribution in [0.15, 0.2) is 0 Å². The van der Waals surface area contributed by atoms with E-state index in [1.165, 1.54) is 84.0 Å². The molecule has 2 aliphatic rings. The highest BCUT2D eigenvalue weighted by Gasteiger charge is 2.14. The Bertz CT molecular complexity index is 161. The molecule has 0 amide bonds. The number of nitrogens with one attached hydrogen (secondary N) is 2. The van der Waals surface area contributed by atoms with Crippen LogP contribution in [0.1, 0.15) is 57.8 Å². The van der Waals surface area contributed by atoms with E-state index in [0.717, 1.165) is 11.8 Å². The van der Waals surface area contributed by atoms with Crippen molar-refractivity contribution in [3.63, 3.8) is 0 Å². The Morgan fingerprint density at radius 3 is 1.47 bits per heavy atom. The van der Waals surface area contributed by atoms with Crippen molar-refractivity contribution in [2.45, 2.75) is 57.8 Å². The highest BCUT2D eigenvalue weighted by Crippen LogP contribution is 2.24. The fraction of sp³-hybridized carbons (Fsp3) is 1.00. The Morgan fingerprint density at radius 1 is 0.647 bits per heavy atom. The summed E-state index contributed by atoms with van der Waals surface area (Å²) in [5.74, 6) is 1.97. The summed E-state index contributed by atoms with van der Waals surface area (Å²) in [7, 11) is 0. The summed E-state index contributed by atoms with van der Waals surface area (Å²) >= 11 is 0. The fourth-order valence-corrected chi connectivity index (χ4v) is 3.38. The molecule has 2 nitrogen and oxygen atoms in total. The first-order chi connectivity index (χ1) is 8.45. The van der Waals surface area contributed by atoms with Gasteiger partial charge in [-0.25, -0.2) is 0 Å². The summed E-state index contributed by atoms with van der Waals surface area (Å²) in [5.41, 5.74) is 0. The van der Waals surface area contributed by atoms with Crippen LogP contribution in [0.25, 0.3) is 0 Å². The van der Waals surface area contributed by atoms with Gasteiger partial charge in [-0.15, -0.1) is 0 Å². The van der Waals surface area contributed by atoms with Gasteiger partial charge in [-0.05, 0) is 70.1 Å². The summed E-state index contributed by atoms with van der Waals surface area (Å²) in [5, 5.41) is 7.23. The maximum atomic E-state index is 3.62. The molecule has 2 saturated carbocycles. The van der Waals surface area contributed by atoms with E-state index in [0.29, 0.717) is 0 Å². The monoisotopic (exact) mass is 238 g/mol. The summed E-state index contributed by atoms with van der Waals surface area (Å²) < 4.78 is 0. The number of rotatable bonds is 8. The van der Waals surface area contributed by atoms with Crippen molar-refractivity contribution in [1.82, 2.24) is 10.6 Å². The Morgan fingerprint density at radius 2 is 1.06 bits per heavy atom. The zero-order valence-corrected chi connectivity index (χ0v) is 11.3. The Balaban J connectivity index is 1.33. The molecule has 2 fully saturated rings. The fourth-order valence-electron chi connectivity index (χ4n) is 3.38. The van der Waals surface area contributed by atoms with Crippen LogP contribution in [0.4, 0.5) is 0 Å². The third-order valence-corrected chi connectivity index (χ3v) is 4.52. The maximum Gasteiger partial charge on any atom is -0.00205 e. The zero-order valence-electron chi connectivity index (χ0n) is 11.3. The Kier molecular flexibility index (Phi) is 6.36. The molecule has 0 atom stereocenters. The molecular formula is C15H30N2. The first kappa shape index (κ1) is 13.4. The van der Waals surface area contributed by atoms with E-state index < -0.39 is 0 Å². The molecule has 2 rings (SSSR count). The third-order valence-electron chi connectivity index (χ3n) is 4.52. The van der Waals surface area contributed by atoms with Crippen molar-refractivity contribution in [2.24, 2.45) is 11.8 Å². The topological polar surface area (TPSA) is 24.1 Å². The lowest BCUT2D eigenvalue weighted by atomic mass is 10.1. The second-order valence-corrected chi connectivity index (χ2v) is 6.06. The minimum atomic E-state index is 0.987. The van der Waals surface area contributed by atoms with Gasteiger partial charge in [0.05, 0.1) is 0 Å². The summed E-state index contributed by atoms with van der Waals surface area (Å²) in [6.45, 7) is 4.94. The van der Waals surface area contributed by atoms with Gasteiger partial charge in [0.2, 0.25) is 0 Å². The van der Waals surface area contributed by atoms with Crippen LogP contribution in [0.5, 0.6) is 0 Å². The average Bonchev–Trinajstić information content (AvgIpc) is 3.00. The normalized spacial score (nSPS) is 22.6. The molecule has 17 heavy (non-hydrogen) atoms. The molecule has 0 heterocycles. The second-order valence-electron chi connectivity index (χ2n) is 6.06. The van der Waals surface area contributed by atoms with Gasteiger partial charge < -0.3 is 10.6 Å². The van der Waals surface area contributed by atoms with Gasteiger partial charge in [-0.1, -0.05) is 25.7 Å². The molecule has 0 aliphatic heterocycles. The predicted octanol–water partition coefficient (Wildman–Crippen LogP) is 2.94. The number of hydrogen-bond donors (Lipinski definition) is 2. The van der Waals surface area contributed by atoms with Crippen LogP contribution < -0.4 is 10.6 Å². The minimum Gasteiger partial charge on any atom is -0.316 e. The highest BCUT2D eigenvalue weighted by atomic mass is 14.9. The average molecular weight is 238 g/mol. The lowest BCUT2D eigenvalue weighted by Crippen LogP contribution is -2.27. The van der Waals surface area contributed by atoms with E-state index in [1.54, 1.807) is 0 Å². The molecular weight excluding hydrogens is 208 g/mol. The maximum absolute atomic E-state index is 3.62. The van der Waals surface area contributed by atoms with Gasteiger partial charge in [0.15, 0.2) is 0 Å². The van der Waals surface area contributed by atoms with Crippen molar-refractivity contribution in [3.8, 4) is 0 Å². The third kappa shape index (κ3) is 5.39. The molecule has 0 radical (unpaired) electrons. The minimum absolute atomic E-state index is 0.987. The van der Waals surface area contributed by atoms with Gasteiger partial charge in [0.25, 0.3) is 0 Å². The summed E-state index contributed by atoms with van der Waals surface area (Å²) in [4.78, 5) is 0. The second kappa shape index (κ2) is 8.10. The van der Waals surface area contributed by atoms with Gasteiger partial charge in [0, 0.05) is 0 Å². The molecule has 0 aromatic rings. The van der Waals surface area contributed by atoms with E-state index >= 15 is 0 Å². The van der Waals surface area contributed by atoms with Crippen molar-refractivity contribution in [3.05, 3.63) is 0 Å². The molecule has 2 aliphatic carbocycles. The lowest BCUT2D eigenvalue weighted by molar-refractivity contribution is 0.461. The van der Waals surface area contributed by atoms with Gasteiger partial charge in [-0.2, -0.15) is 0 Å². The van der Waals surface area contributed by atoms with Crippen molar-refractivity contribution >= 4 is 0 Å². The SMILES string of the molecule is C(CNCC1CCCC1)CNCC1CCCC1. The van der Waals surface area contributed by atoms with Crippen LogP contribution >= 0.6 is 0 Å². The van der Waals surface area contributed by atoms with Gasteiger partial charge in [-0.3, -0.25) is 0 Å². The van der Waals surface area contributed by atoms with Crippen molar-refractivity contribution < 1.29 is 0 Å². The molecule has 0 aromatic carbocycles. The molecule has 0 spiro atoms. The first-order valence-corrected chi connectivity index (χ1v) is 7.86. The van der Waals surface area contributed by atoms with Gasteiger partial charge in [0.1, 0.15) is 0 Å². The Labute approximate surface area is 107 Å².